The number of aromatic amines is 2. The van der Waals surface area contributed by atoms with Crippen molar-refractivity contribution in [1.82, 2.24) is 9.97 Å². The first kappa shape index (κ1) is 9.91. The number of hydrogen-bond acceptors (Lipinski definition) is 2. The molecule has 1 aromatic heterocycles. The monoisotopic (exact) mass is 366 g/mol. The van der Waals surface area contributed by atoms with Gasteiger partial charge in [-0.1, -0.05) is 15.9 Å². The van der Waals surface area contributed by atoms with Gasteiger partial charge in [0, 0.05) is 8.04 Å². The Morgan fingerprint density at radius 1 is 1.21 bits per heavy atom. The standard InChI is InChI=1S/C8H4BrIN2O2/c9-3-1-4-6(5(10)2-3)11-8(14)12-7(4)13/h1-2H,(H2,11,12,13,14). The smallest absolute Gasteiger partial charge is 0.306 e. The molecule has 2 N–H and O–H groups in total. The molecule has 1 aromatic carbocycles. The van der Waals surface area contributed by atoms with Crippen molar-refractivity contribution >= 4 is 49.4 Å². The molecule has 0 saturated carbocycles. The fourth-order valence-electron chi connectivity index (χ4n) is 1.19. The first-order valence-electron chi connectivity index (χ1n) is 3.69. The Morgan fingerprint density at radius 2 is 1.93 bits per heavy atom. The molecule has 2 rings (SSSR count). The van der Waals surface area contributed by atoms with Crippen molar-refractivity contribution in [1.29, 1.82) is 0 Å². The molecule has 0 spiro atoms. The summed E-state index contributed by atoms with van der Waals surface area (Å²) < 4.78 is 1.64. The van der Waals surface area contributed by atoms with Crippen molar-refractivity contribution in [3.63, 3.8) is 0 Å². The van der Waals surface area contributed by atoms with Gasteiger partial charge >= 0.3 is 5.69 Å². The number of aromatic nitrogens is 2. The molecule has 0 aliphatic rings. The molecule has 0 radical (unpaired) electrons. The van der Waals surface area contributed by atoms with Crippen LogP contribution in [-0.2, 0) is 0 Å². The third-order valence-corrected chi connectivity index (χ3v) is 3.07. The molecule has 4 nitrogen and oxygen atoms in total. The fraction of sp³-hybridized carbons (Fsp3) is 0. The summed E-state index contributed by atoms with van der Waals surface area (Å²) in [6.45, 7) is 0. The van der Waals surface area contributed by atoms with Crippen LogP contribution in [0.25, 0.3) is 10.9 Å². The predicted molar refractivity (Wildman–Crippen MR) is 65.6 cm³/mol. The molecule has 0 aliphatic carbocycles. The summed E-state index contributed by atoms with van der Waals surface area (Å²) in [4.78, 5) is 27.2. The van der Waals surface area contributed by atoms with Crippen LogP contribution in [0.15, 0.2) is 26.2 Å². The normalized spacial score (nSPS) is 10.7. The van der Waals surface area contributed by atoms with E-state index < -0.39 is 5.69 Å². The quantitative estimate of drug-likeness (QED) is 0.695. The maximum absolute atomic E-state index is 11.4. The molecule has 72 valence electrons. The van der Waals surface area contributed by atoms with Crippen LogP contribution in [0.4, 0.5) is 0 Å². The van der Waals surface area contributed by atoms with Crippen molar-refractivity contribution in [2.75, 3.05) is 0 Å². The van der Waals surface area contributed by atoms with Crippen molar-refractivity contribution in [3.8, 4) is 0 Å². The van der Waals surface area contributed by atoms with Gasteiger partial charge in [-0.15, -0.1) is 0 Å². The SMILES string of the molecule is O=c1[nH]c(=O)c2cc(Br)cc(I)c2[nH]1. The average Bonchev–Trinajstić information content (AvgIpc) is 2.07. The van der Waals surface area contributed by atoms with Gasteiger partial charge in [-0.05, 0) is 34.7 Å². The van der Waals surface area contributed by atoms with E-state index in [1.165, 1.54) is 0 Å². The molecule has 1 heterocycles. The van der Waals surface area contributed by atoms with E-state index in [4.69, 9.17) is 0 Å². The maximum atomic E-state index is 11.4. The third-order valence-electron chi connectivity index (χ3n) is 1.77. The molecule has 0 aliphatic heterocycles. The highest BCUT2D eigenvalue weighted by atomic mass is 127. The van der Waals surface area contributed by atoms with Crippen molar-refractivity contribution in [2.24, 2.45) is 0 Å². The molecular weight excluding hydrogens is 363 g/mol. The van der Waals surface area contributed by atoms with Crippen molar-refractivity contribution in [3.05, 3.63) is 41.0 Å². The number of benzene rings is 1. The number of H-pyrrole nitrogens is 2. The number of rotatable bonds is 0. The molecule has 0 fully saturated rings. The molecule has 6 heteroatoms. The number of fused-ring (bicyclic) bond motifs is 1. The first-order valence-corrected chi connectivity index (χ1v) is 5.56. The summed E-state index contributed by atoms with van der Waals surface area (Å²) in [5.74, 6) is 0. The van der Waals surface area contributed by atoms with Crippen LogP contribution in [0, 0.1) is 3.57 Å². The van der Waals surface area contributed by atoms with Crippen LogP contribution in [0.1, 0.15) is 0 Å². The lowest BCUT2D eigenvalue weighted by molar-refractivity contribution is 1.08. The van der Waals surface area contributed by atoms with Crippen LogP contribution in [-0.4, -0.2) is 9.97 Å². The Labute approximate surface area is 100 Å². The number of hydrogen-bond donors (Lipinski definition) is 2. The second-order valence-corrected chi connectivity index (χ2v) is 4.80. The van der Waals surface area contributed by atoms with E-state index >= 15 is 0 Å². The fourth-order valence-corrected chi connectivity index (χ4v) is 2.84. The highest BCUT2D eigenvalue weighted by Crippen LogP contribution is 2.20. The number of nitrogens with one attached hydrogen (secondary N) is 2. The summed E-state index contributed by atoms with van der Waals surface area (Å²) in [6, 6.07) is 3.50. The van der Waals surface area contributed by atoms with Crippen LogP contribution >= 0.6 is 38.5 Å². The van der Waals surface area contributed by atoms with Gasteiger partial charge in [-0.2, -0.15) is 0 Å². The molecule has 2 aromatic rings. The summed E-state index contributed by atoms with van der Waals surface area (Å²) in [5, 5.41) is 0.475. The Morgan fingerprint density at radius 3 is 2.64 bits per heavy atom. The zero-order chi connectivity index (χ0) is 10.3. The third kappa shape index (κ3) is 1.63. The lowest BCUT2D eigenvalue weighted by atomic mass is 10.2. The Bertz CT molecular complexity index is 617. The van der Waals surface area contributed by atoms with E-state index in [0.29, 0.717) is 10.9 Å². The minimum Gasteiger partial charge on any atom is -0.306 e. The summed E-state index contributed by atoms with van der Waals surface area (Å²) in [7, 11) is 0. The average molecular weight is 367 g/mol. The zero-order valence-electron chi connectivity index (χ0n) is 6.73. The first-order chi connectivity index (χ1) is 6.58. The molecule has 0 atom stereocenters. The van der Waals surface area contributed by atoms with Gasteiger partial charge in [0.05, 0.1) is 10.9 Å². The van der Waals surface area contributed by atoms with E-state index in [1.54, 1.807) is 6.07 Å². The van der Waals surface area contributed by atoms with Crippen LogP contribution in [0.3, 0.4) is 0 Å². The second kappa shape index (κ2) is 3.50. The Balaban J connectivity index is 3.10. The molecule has 0 unspecified atom stereocenters. The molecule has 0 bridgehead atoms. The second-order valence-electron chi connectivity index (χ2n) is 2.72. The van der Waals surface area contributed by atoms with Gasteiger partial charge in [0.15, 0.2) is 0 Å². The molecule has 0 saturated heterocycles. The number of halogens is 2. The van der Waals surface area contributed by atoms with Crippen LogP contribution in [0.5, 0.6) is 0 Å². The largest absolute Gasteiger partial charge is 0.326 e. The molecule has 0 amide bonds. The van der Waals surface area contributed by atoms with E-state index in [-0.39, 0.29) is 5.56 Å². The Kier molecular flexibility index (Phi) is 2.48. The molecular formula is C8H4BrIN2O2. The summed E-state index contributed by atoms with van der Waals surface area (Å²) >= 11 is 5.35. The lowest BCUT2D eigenvalue weighted by Crippen LogP contribution is -2.22. The topological polar surface area (TPSA) is 65.7 Å². The van der Waals surface area contributed by atoms with E-state index in [9.17, 15) is 9.59 Å². The van der Waals surface area contributed by atoms with Gasteiger partial charge in [-0.25, -0.2) is 4.79 Å². The van der Waals surface area contributed by atoms with Gasteiger partial charge in [0.25, 0.3) is 5.56 Å². The molecule has 14 heavy (non-hydrogen) atoms. The van der Waals surface area contributed by atoms with Gasteiger partial charge in [0.2, 0.25) is 0 Å². The van der Waals surface area contributed by atoms with E-state index in [0.717, 1.165) is 8.04 Å². The predicted octanol–water partition coefficient (Wildman–Crippen LogP) is 1.58. The summed E-state index contributed by atoms with van der Waals surface area (Å²) in [5.41, 5.74) is -0.284. The van der Waals surface area contributed by atoms with Crippen molar-refractivity contribution < 1.29 is 0 Å². The van der Waals surface area contributed by atoms with Crippen molar-refractivity contribution in [2.45, 2.75) is 0 Å². The minimum atomic E-state index is -0.484. The zero-order valence-corrected chi connectivity index (χ0v) is 10.5. The van der Waals surface area contributed by atoms with Crippen LogP contribution in [0.2, 0.25) is 0 Å². The maximum Gasteiger partial charge on any atom is 0.326 e. The lowest BCUT2D eigenvalue weighted by Gasteiger charge is -1.99. The van der Waals surface area contributed by atoms with Gasteiger partial charge in [-0.3, -0.25) is 9.78 Å². The highest BCUT2D eigenvalue weighted by molar-refractivity contribution is 14.1. The van der Waals surface area contributed by atoms with Gasteiger partial charge < -0.3 is 4.98 Å². The summed E-state index contributed by atoms with van der Waals surface area (Å²) in [6.07, 6.45) is 0. The van der Waals surface area contributed by atoms with Gasteiger partial charge in [0.1, 0.15) is 0 Å². The minimum absolute atomic E-state index is 0.372. The highest BCUT2D eigenvalue weighted by Gasteiger charge is 2.05. The van der Waals surface area contributed by atoms with Crippen LogP contribution < -0.4 is 11.2 Å². The van der Waals surface area contributed by atoms with E-state index in [1.807, 2.05) is 6.07 Å². The van der Waals surface area contributed by atoms with E-state index in [2.05, 4.69) is 48.5 Å². The Hall–Kier alpha value is -0.630.